The van der Waals surface area contributed by atoms with Gasteiger partial charge in [-0.2, -0.15) is 9.97 Å². The van der Waals surface area contributed by atoms with Crippen molar-refractivity contribution in [1.29, 1.82) is 0 Å². The number of fused-ring (bicyclic) bond motifs is 1. The fourth-order valence-electron chi connectivity index (χ4n) is 4.58. The van der Waals surface area contributed by atoms with E-state index in [2.05, 4.69) is 45.7 Å². The lowest BCUT2D eigenvalue weighted by Gasteiger charge is -2.21. The predicted molar refractivity (Wildman–Crippen MR) is 113 cm³/mol. The molecule has 0 saturated carbocycles. The molecule has 1 aromatic carbocycles. The normalized spacial score (nSPS) is 17.1. The number of ether oxygens (including phenoxy) is 1. The maximum absolute atomic E-state index is 5.96. The molecule has 6 nitrogen and oxygen atoms in total. The van der Waals surface area contributed by atoms with Gasteiger partial charge in [0.25, 0.3) is 0 Å². The summed E-state index contributed by atoms with van der Waals surface area (Å²) in [4.78, 5) is 14.8. The Labute approximate surface area is 165 Å². The van der Waals surface area contributed by atoms with E-state index in [0.717, 1.165) is 66.0 Å². The summed E-state index contributed by atoms with van der Waals surface area (Å²) >= 11 is 0. The molecule has 0 spiro atoms. The summed E-state index contributed by atoms with van der Waals surface area (Å²) in [5.41, 5.74) is 3.15. The number of rotatable bonds is 4. The number of methoxy groups -OCH3 is 1. The average molecular weight is 377 g/mol. The van der Waals surface area contributed by atoms with Crippen molar-refractivity contribution in [3.8, 4) is 17.0 Å². The van der Waals surface area contributed by atoms with Gasteiger partial charge in [0.1, 0.15) is 11.2 Å². The molecule has 0 radical (unpaired) electrons. The Balaban J connectivity index is 1.79. The molecule has 28 heavy (non-hydrogen) atoms. The zero-order valence-corrected chi connectivity index (χ0v) is 16.7. The van der Waals surface area contributed by atoms with Crippen LogP contribution in [0, 0.1) is 0 Å². The van der Waals surface area contributed by atoms with Crippen LogP contribution in [0.25, 0.3) is 22.3 Å². The average Bonchev–Trinajstić information content (AvgIpc) is 3.49. The molecule has 4 heterocycles. The van der Waals surface area contributed by atoms with E-state index in [9.17, 15) is 0 Å². The number of hydrogen-bond acceptors (Lipinski definition) is 5. The van der Waals surface area contributed by atoms with Gasteiger partial charge in [0, 0.05) is 38.8 Å². The molecule has 2 saturated heterocycles. The first kappa shape index (κ1) is 17.3. The third kappa shape index (κ3) is 2.70. The maximum Gasteiger partial charge on any atom is 0.229 e. The van der Waals surface area contributed by atoms with Gasteiger partial charge in [-0.15, -0.1) is 0 Å². The Morgan fingerprint density at radius 3 is 2.14 bits per heavy atom. The Morgan fingerprint density at radius 1 is 0.857 bits per heavy atom. The van der Waals surface area contributed by atoms with E-state index in [1.54, 1.807) is 7.11 Å². The van der Waals surface area contributed by atoms with Gasteiger partial charge in [0.2, 0.25) is 5.95 Å². The molecule has 6 heteroatoms. The summed E-state index contributed by atoms with van der Waals surface area (Å²) in [7, 11) is 3.84. The molecule has 0 aliphatic carbocycles. The molecule has 2 fully saturated rings. The zero-order chi connectivity index (χ0) is 19.1. The minimum atomic E-state index is 0.856. The summed E-state index contributed by atoms with van der Waals surface area (Å²) < 4.78 is 8.13. The Hall–Kier alpha value is -2.76. The van der Waals surface area contributed by atoms with Crippen LogP contribution in [0.1, 0.15) is 25.7 Å². The number of aryl methyl sites for hydroxylation is 1. The second kappa shape index (κ2) is 7.00. The van der Waals surface area contributed by atoms with E-state index in [1.165, 1.54) is 25.7 Å². The van der Waals surface area contributed by atoms with Crippen molar-refractivity contribution in [2.24, 2.45) is 7.05 Å². The molecule has 0 atom stereocenters. The largest absolute Gasteiger partial charge is 0.494 e. The number of hydrogen-bond donors (Lipinski definition) is 0. The predicted octanol–water partition coefficient (Wildman–Crippen LogP) is 3.84. The fraction of sp³-hybridized carbons (Fsp3) is 0.455. The van der Waals surface area contributed by atoms with Gasteiger partial charge in [-0.25, -0.2) is 0 Å². The lowest BCUT2D eigenvalue weighted by Crippen LogP contribution is -2.24. The number of aromatic nitrogens is 3. The van der Waals surface area contributed by atoms with Crippen molar-refractivity contribution in [1.82, 2.24) is 14.5 Å². The highest BCUT2D eigenvalue weighted by molar-refractivity contribution is 6.01. The maximum atomic E-state index is 5.96. The van der Waals surface area contributed by atoms with Gasteiger partial charge in [-0.05, 0) is 25.7 Å². The fourth-order valence-corrected chi connectivity index (χ4v) is 4.58. The van der Waals surface area contributed by atoms with Gasteiger partial charge >= 0.3 is 0 Å². The molecule has 2 aliphatic heterocycles. The van der Waals surface area contributed by atoms with Crippen molar-refractivity contribution >= 4 is 22.8 Å². The monoisotopic (exact) mass is 377 g/mol. The van der Waals surface area contributed by atoms with E-state index < -0.39 is 0 Å². The highest BCUT2D eigenvalue weighted by Crippen LogP contribution is 2.43. The van der Waals surface area contributed by atoms with Crippen LogP contribution in [-0.4, -0.2) is 47.8 Å². The summed E-state index contributed by atoms with van der Waals surface area (Å²) in [5, 5.41) is 1.04. The van der Waals surface area contributed by atoms with E-state index in [4.69, 9.17) is 14.7 Å². The van der Waals surface area contributed by atoms with Crippen LogP contribution in [0.2, 0.25) is 0 Å². The molecular formula is C22H27N5O. The minimum absolute atomic E-state index is 0.856. The SMILES string of the molecule is COc1c(-c2ccccc2)n(C)c2nc(N3CCCC3)nc(N3CCCC3)c12. The smallest absolute Gasteiger partial charge is 0.229 e. The van der Waals surface area contributed by atoms with E-state index in [-0.39, 0.29) is 0 Å². The van der Waals surface area contributed by atoms with E-state index in [1.807, 2.05) is 6.07 Å². The van der Waals surface area contributed by atoms with Crippen molar-refractivity contribution in [2.75, 3.05) is 43.1 Å². The lowest BCUT2D eigenvalue weighted by molar-refractivity contribution is 0.420. The quantitative estimate of drug-likeness (QED) is 0.691. The van der Waals surface area contributed by atoms with E-state index in [0.29, 0.717) is 0 Å². The number of anilines is 2. The summed E-state index contributed by atoms with van der Waals surface area (Å²) in [6.45, 7) is 4.17. The van der Waals surface area contributed by atoms with Crippen molar-refractivity contribution in [3.63, 3.8) is 0 Å². The Kier molecular flexibility index (Phi) is 4.34. The van der Waals surface area contributed by atoms with Crippen LogP contribution in [-0.2, 0) is 7.05 Å². The molecule has 0 amide bonds. The first-order chi connectivity index (χ1) is 13.8. The van der Waals surface area contributed by atoms with Gasteiger partial charge < -0.3 is 19.1 Å². The van der Waals surface area contributed by atoms with Crippen molar-refractivity contribution in [3.05, 3.63) is 30.3 Å². The molecule has 3 aromatic rings. The highest BCUT2D eigenvalue weighted by Gasteiger charge is 2.28. The van der Waals surface area contributed by atoms with Crippen LogP contribution in [0.3, 0.4) is 0 Å². The van der Waals surface area contributed by atoms with Crippen molar-refractivity contribution < 1.29 is 4.74 Å². The summed E-state index contributed by atoms with van der Waals surface area (Å²) in [6, 6.07) is 10.4. The molecule has 0 unspecified atom stereocenters. The van der Waals surface area contributed by atoms with Gasteiger partial charge in [0.05, 0.1) is 12.8 Å². The van der Waals surface area contributed by atoms with Gasteiger partial charge in [-0.3, -0.25) is 0 Å². The highest BCUT2D eigenvalue weighted by atomic mass is 16.5. The Bertz CT molecular complexity index is 985. The molecule has 2 aliphatic rings. The first-order valence-electron chi connectivity index (χ1n) is 10.3. The first-order valence-corrected chi connectivity index (χ1v) is 10.3. The topological polar surface area (TPSA) is 46.4 Å². The van der Waals surface area contributed by atoms with Crippen LogP contribution < -0.4 is 14.5 Å². The van der Waals surface area contributed by atoms with E-state index >= 15 is 0 Å². The molecule has 0 bridgehead atoms. The minimum Gasteiger partial charge on any atom is -0.494 e. The molecule has 146 valence electrons. The molecular weight excluding hydrogens is 350 g/mol. The van der Waals surface area contributed by atoms with Crippen LogP contribution in [0.15, 0.2) is 30.3 Å². The lowest BCUT2D eigenvalue weighted by atomic mass is 10.1. The molecule has 0 N–H and O–H groups in total. The van der Waals surface area contributed by atoms with Crippen molar-refractivity contribution in [2.45, 2.75) is 25.7 Å². The van der Waals surface area contributed by atoms with Crippen LogP contribution >= 0.6 is 0 Å². The second-order valence-electron chi connectivity index (χ2n) is 7.74. The van der Waals surface area contributed by atoms with Crippen LogP contribution in [0.4, 0.5) is 11.8 Å². The van der Waals surface area contributed by atoms with Gasteiger partial charge in [-0.1, -0.05) is 30.3 Å². The second-order valence-corrected chi connectivity index (χ2v) is 7.74. The number of benzene rings is 1. The Morgan fingerprint density at radius 2 is 1.50 bits per heavy atom. The summed E-state index contributed by atoms with van der Waals surface area (Å²) in [5.74, 6) is 2.76. The van der Waals surface area contributed by atoms with Crippen LogP contribution in [0.5, 0.6) is 5.75 Å². The number of nitrogens with zero attached hydrogens (tertiary/aromatic N) is 5. The summed E-state index contributed by atoms with van der Waals surface area (Å²) in [6.07, 6.45) is 4.86. The molecule has 2 aromatic heterocycles. The van der Waals surface area contributed by atoms with Gasteiger partial charge in [0.15, 0.2) is 11.4 Å². The third-order valence-electron chi connectivity index (χ3n) is 6.00. The molecule has 5 rings (SSSR count). The zero-order valence-electron chi connectivity index (χ0n) is 16.7. The standard InChI is InChI=1S/C22H27N5O/c1-25-18(16-10-4-3-5-11-16)19(28-2)17-20(25)23-22(27-14-8-9-15-27)24-21(17)26-12-6-7-13-26/h3-5,10-11H,6-9,12-15H2,1-2H3. The third-order valence-corrected chi connectivity index (χ3v) is 6.00.